The molecule has 0 aromatic rings. The molecule has 0 heterocycles. The van der Waals surface area contributed by atoms with Gasteiger partial charge in [-0.2, -0.15) is 11.8 Å². The molecule has 1 amide bonds. The predicted octanol–water partition coefficient (Wildman–Crippen LogP) is 1.26. The predicted molar refractivity (Wildman–Crippen MR) is 63.9 cm³/mol. The van der Waals surface area contributed by atoms with E-state index in [1.165, 1.54) is 19.3 Å². The molecule has 1 saturated carbocycles. The summed E-state index contributed by atoms with van der Waals surface area (Å²) in [5, 5.41) is 11.8. The first-order chi connectivity index (χ1) is 7.22. The monoisotopic (exact) mass is 231 g/mol. The molecule has 0 aromatic carbocycles. The number of nitrogens with one attached hydrogen (secondary N) is 1. The van der Waals surface area contributed by atoms with Crippen LogP contribution >= 0.6 is 11.8 Å². The second kappa shape index (κ2) is 7.12. The van der Waals surface area contributed by atoms with Gasteiger partial charge in [0.05, 0.1) is 5.75 Å². The Morgan fingerprint density at radius 2 is 2.33 bits per heavy atom. The molecular weight excluding hydrogens is 210 g/mol. The van der Waals surface area contributed by atoms with Crippen LogP contribution in [0, 0.1) is 11.8 Å². The molecule has 1 aliphatic rings. The standard InChI is InChI=1S/C11H21NO2S/c1-9(6-13)7-15-8-11(14)12-5-10-3-2-4-10/h9-10,13H,2-8H2,1H3,(H,12,14). The largest absolute Gasteiger partial charge is 0.396 e. The van der Waals surface area contributed by atoms with Crippen LogP contribution in [-0.2, 0) is 4.79 Å². The van der Waals surface area contributed by atoms with E-state index in [-0.39, 0.29) is 18.4 Å². The summed E-state index contributed by atoms with van der Waals surface area (Å²) >= 11 is 1.60. The van der Waals surface area contributed by atoms with Crippen LogP contribution in [0.5, 0.6) is 0 Å². The molecule has 4 heteroatoms. The molecule has 1 fully saturated rings. The van der Waals surface area contributed by atoms with Crippen LogP contribution in [0.1, 0.15) is 26.2 Å². The van der Waals surface area contributed by atoms with Crippen molar-refractivity contribution in [2.45, 2.75) is 26.2 Å². The maximum Gasteiger partial charge on any atom is 0.230 e. The van der Waals surface area contributed by atoms with Gasteiger partial charge >= 0.3 is 0 Å². The van der Waals surface area contributed by atoms with E-state index >= 15 is 0 Å². The van der Waals surface area contributed by atoms with Gasteiger partial charge in [-0.25, -0.2) is 0 Å². The first-order valence-corrected chi connectivity index (χ1v) is 6.83. The summed E-state index contributed by atoms with van der Waals surface area (Å²) in [5.74, 6) is 2.53. The Hall–Kier alpha value is -0.220. The van der Waals surface area contributed by atoms with Gasteiger partial charge in [-0.05, 0) is 30.4 Å². The van der Waals surface area contributed by atoms with Crippen molar-refractivity contribution in [3.63, 3.8) is 0 Å². The summed E-state index contributed by atoms with van der Waals surface area (Å²) in [5.41, 5.74) is 0. The van der Waals surface area contributed by atoms with Crippen LogP contribution < -0.4 is 5.32 Å². The molecule has 15 heavy (non-hydrogen) atoms. The van der Waals surface area contributed by atoms with Crippen molar-refractivity contribution in [3.8, 4) is 0 Å². The number of hydrogen-bond donors (Lipinski definition) is 2. The summed E-state index contributed by atoms with van der Waals surface area (Å²) in [6.45, 7) is 3.05. The van der Waals surface area contributed by atoms with Crippen molar-refractivity contribution in [2.24, 2.45) is 11.8 Å². The minimum Gasteiger partial charge on any atom is -0.396 e. The molecule has 0 radical (unpaired) electrons. The van der Waals surface area contributed by atoms with Gasteiger partial charge in [0.15, 0.2) is 0 Å². The highest BCUT2D eigenvalue weighted by molar-refractivity contribution is 7.99. The van der Waals surface area contributed by atoms with Crippen molar-refractivity contribution in [1.82, 2.24) is 5.32 Å². The highest BCUT2D eigenvalue weighted by atomic mass is 32.2. The van der Waals surface area contributed by atoms with E-state index in [9.17, 15) is 4.79 Å². The maximum atomic E-state index is 11.4. The molecule has 1 aliphatic carbocycles. The molecule has 0 spiro atoms. The summed E-state index contributed by atoms with van der Waals surface area (Å²) in [6.07, 6.45) is 3.87. The van der Waals surface area contributed by atoms with E-state index in [2.05, 4.69) is 5.32 Å². The summed E-state index contributed by atoms with van der Waals surface area (Å²) in [4.78, 5) is 11.4. The molecule has 1 unspecified atom stereocenters. The van der Waals surface area contributed by atoms with Crippen LogP contribution in [0.3, 0.4) is 0 Å². The van der Waals surface area contributed by atoms with Crippen LogP contribution in [0.2, 0.25) is 0 Å². The smallest absolute Gasteiger partial charge is 0.230 e. The lowest BCUT2D eigenvalue weighted by Crippen LogP contribution is -2.33. The Kier molecular flexibility index (Phi) is 6.10. The lowest BCUT2D eigenvalue weighted by molar-refractivity contribution is -0.118. The van der Waals surface area contributed by atoms with Crippen molar-refractivity contribution in [3.05, 3.63) is 0 Å². The Morgan fingerprint density at radius 3 is 2.87 bits per heavy atom. The third-order valence-corrected chi connectivity index (χ3v) is 4.03. The number of thioether (sulfide) groups is 1. The van der Waals surface area contributed by atoms with E-state index < -0.39 is 0 Å². The number of carbonyl (C=O) groups is 1. The van der Waals surface area contributed by atoms with E-state index in [0.717, 1.165) is 18.2 Å². The van der Waals surface area contributed by atoms with Gasteiger partial charge < -0.3 is 10.4 Å². The molecule has 3 nitrogen and oxygen atoms in total. The number of rotatable bonds is 7. The van der Waals surface area contributed by atoms with Crippen molar-refractivity contribution in [1.29, 1.82) is 0 Å². The van der Waals surface area contributed by atoms with E-state index in [1.807, 2.05) is 6.92 Å². The zero-order chi connectivity index (χ0) is 11.1. The molecule has 0 aromatic heterocycles. The highest BCUT2D eigenvalue weighted by Gasteiger charge is 2.17. The van der Waals surface area contributed by atoms with Crippen LogP contribution in [0.15, 0.2) is 0 Å². The molecule has 0 saturated heterocycles. The molecule has 1 atom stereocenters. The Bertz CT molecular complexity index is 195. The SMILES string of the molecule is CC(CO)CSCC(=O)NCC1CCC1. The zero-order valence-corrected chi connectivity index (χ0v) is 10.2. The maximum absolute atomic E-state index is 11.4. The average Bonchev–Trinajstić information content (AvgIpc) is 2.15. The molecule has 1 rings (SSSR count). The van der Waals surface area contributed by atoms with Gasteiger partial charge in [-0.1, -0.05) is 13.3 Å². The lowest BCUT2D eigenvalue weighted by Gasteiger charge is -2.25. The minimum atomic E-state index is 0.136. The third-order valence-electron chi connectivity index (χ3n) is 2.76. The van der Waals surface area contributed by atoms with E-state index in [1.54, 1.807) is 11.8 Å². The third kappa shape index (κ3) is 5.42. The van der Waals surface area contributed by atoms with Crippen molar-refractivity contribution in [2.75, 3.05) is 24.7 Å². The van der Waals surface area contributed by atoms with Crippen LogP contribution in [0.25, 0.3) is 0 Å². The minimum absolute atomic E-state index is 0.136. The van der Waals surface area contributed by atoms with Gasteiger partial charge in [-0.15, -0.1) is 0 Å². The fourth-order valence-electron chi connectivity index (χ4n) is 1.41. The Labute approximate surface area is 96.0 Å². The van der Waals surface area contributed by atoms with Gasteiger partial charge in [0, 0.05) is 13.2 Å². The Morgan fingerprint density at radius 1 is 1.60 bits per heavy atom. The number of carbonyl (C=O) groups excluding carboxylic acids is 1. The quantitative estimate of drug-likeness (QED) is 0.693. The number of aliphatic hydroxyl groups is 1. The summed E-state index contributed by atoms with van der Waals surface area (Å²) in [7, 11) is 0. The summed E-state index contributed by atoms with van der Waals surface area (Å²) < 4.78 is 0. The van der Waals surface area contributed by atoms with Crippen LogP contribution in [-0.4, -0.2) is 35.7 Å². The van der Waals surface area contributed by atoms with Crippen molar-refractivity contribution < 1.29 is 9.90 Å². The molecule has 0 bridgehead atoms. The first kappa shape index (κ1) is 12.8. The number of amides is 1. The van der Waals surface area contributed by atoms with Gasteiger partial charge in [0.25, 0.3) is 0 Å². The van der Waals surface area contributed by atoms with E-state index in [0.29, 0.717) is 5.75 Å². The second-order valence-electron chi connectivity index (χ2n) is 4.40. The molecule has 2 N–H and O–H groups in total. The first-order valence-electron chi connectivity index (χ1n) is 5.67. The zero-order valence-electron chi connectivity index (χ0n) is 9.37. The van der Waals surface area contributed by atoms with Crippen molar-refractivity contribution >= 4 is 17.7 Å². The fourth-order valence-corrected chi connectivity index (χ4v) is 2.32. The van der Waals surface area contributed by atoms with E-state index in [4.69, 9.17) is 5.11 Å². The number of aliphatic hydroxyl groups excluding tert-OH is 1. The average molecular weight is 231 g/mol. The number of hydrogen-bond acceptors (Lipinski definition) is 3. The summed E-state index contributed by atoms with van der Waals surface area (Å²) in [6, 6.07) is 0. The highest BCUT2D eigenvalue weighted by Crippen LogP contribution is 2.25. The molecular formula is C11H21NO2S. The lowest BCUT2D eigenvalue weighted by atomic mass is 9.85. The molecule has 88 valence electrons. The van der Waals surface area contributed by atoms with Gasteiger partial charge in [-0.3, -0.25) is 4.79 Å². The van der Waals surface area contributed by atoms with Gasteiger partial charge in [0.1, 0.15) is 0 Å². The Balaban J connectivity index is 1.93. The van der Waals surface area contributed by atoms with Gasteiger partial charge in [0.2, 0.25) is 5.91 Å². The fraction of sp³-hybridized carbons (Fsp3) is 0.909. The second-order valence-corrected chi connectivity index (χ2v) is 5.43. The van der Waals surface area contributed by atoms with Crippen LogP contribution in [0.4, 0.5) is 0 Å². The normalized spacial score (nSPS) is 18.3. The topological polar surface area (TPSA) is 49.3 Å². The molecule has 0 aliphatic heterocycles.